The number of amides is 1. The van der Waals surface area contributed by atoms with Gasteiger partial charge in [0.15, 0.2) is 0 Å². The number of carboxylic acids is 1. The third kappa shape index (κ3) is 12.0. The lowest BCUT2D eigenvalue weighted by molar-refractivity contribution is -0.160. The van der Waals surface area contributed by atoms with Crippen molar-refractivity contribution in [1.29, 1.82) is 0 Å². The van der Waals surface area contributed by atoms with Crippen LogP contribution in [-0.2, 0) is 28.6 Å². The molecule has 1 amide bonds. The maximum atomic E-state index is 12.8. The quantitative estimate of drug-likeness (QED) is 0.192. The van der Waals surface area contributed by atoms with E-state index in [1.165, 1.54) is 6.92 Å². The molecule has 0 spiro atoms. The zero-order valence-electron chi connectivity index (χ0n) is 19.5. The lowest BCUT2D eigenvalue weighted by Gasteiger charge is -2.35. The Balaban J connectivity index is 4.56. The number of aliphatic carboxylic acids is 1. The van der Waals surface area contributed by atoms with E-state index in [4.69, 9.17) is 14.2 Å². The van der Waals surface area contributed by atoms with E-state index in [9.17, 15) is 24.3 Å². The van der Waals surface area contributed by atoms with Gasteiger partial charge in [-0.25, -0.2) is 9.59 Å². The summed E-state index contributed by atoms with van der Waals surface area (Å²) >= 11 is 0. The first-order valence-electron chi connectivity index (χ1n) is 10.3. The Morgan fingerprint density at radius 2 is 1.58 bits per heavy atom. The molecule has 0 fully saturated rings. The average Bonchev–Trinajstić information content (AvgIpc) is 2.64. The van der Waals surface area contributed by atoms with E-state index in [0.717, 1.165) is 0 Å². The second-order valence-corrected chi connectivity index (χ2v) is 9.06. The lowest BCUT2D eigenvalue weighted by atomic mass is 9.70. The molecule has 31 heavy (non-hydrogen) atoms. The number of carbonyl (C=O) groups excluding carboxylic acids is 3. The Morgan fingerprint density at radius 3 is 2.06 bits per heavy atom. The van der Waals surface area contributed by atoms with Gasteiger partial charge in [-0.05, 0) is 38.5 Å². The number of esters is 2. The van der Waals surface area contributed by atoms with Gasteiger partial charge >= 0.3 is 24.0 Å². The summed E-state index contributed by atoms with van der Waals surface area (Å²) in [6.07, 6.45) is 0.288. The summed E-state index contributed by atoms with van der Waals surface area (Å²) < 4.78 is 15.0. The van der Waals surface area contributed by atoms with E-state index in [1.54, 1.807) is 13.8 Å². The van der Waals surface area contributed by atoms with Crippen LogP contribution in [0.25, 0.3) is 0 Å². The van der Waals surface area contributed by atoms with E-state index in [1.807, 2.05) is 20.8 Å². The predicted octanol–water partition coefficient (Wildman–Crippen LogP) is 3.32. The van der Waals surface area contributed by atoms with Crippen LogP contribution >= 0.6 is 0 Å². The Bertz CT molecular complexity index is 652. The maximum Gasteiger partial charge on any atom is 0.407 e. The molecule has 0 aliphatic carbocycles. The Hall–Kier alpha value is -2.58. The van der Waals surface area contributed by atoms with Crippen molar-refractivity contribution in [2.45, 2.75) is 60.8 Å². The highest BCUT2D eigenvalue weighted by Crippen LogP contribution is 2.40. The molecule has 0 saturated carbocycles. The topological polar surface area (TPSA) is 128 Å². The van der Waals surface area contributed by atoms with Gasteiger partial charge in [0.05, 0.1) is 17.9 Å². The van der Waals surface area contributed by atoms with Gasteiger partial charge in [-0.15, -0.1) is 0 Å². The first-order valence-corrected chi connectivity index (χ1v) is 10.3. The van der Waals surface area contributed by atoms with E-state index in [-0.39, 0.29) is 43.8 Å². The standard InChI is InChI=1S/C22H37NO8/c1-8-16(17(24)25)13-22(7,14-21(4,5)6)19(27)30-11-12-31-20(28)23-9-10-29-18(26)15(2)3/h16H,2,8-14H2,1,3-7H3,(H,23,28)(H,24,25). The van der Waals surface area contributed by atoms with Gasteiger partial charge in [0.25, 0.3) is 0 Å². The molecule has 2 atom stereocenters. The van der Waals surface area contributed by atoms with Crippen molar-refractivity contribution in [1.82, 2.24) is 5.32 Å². The fourth-order valence-corrected chi connectivity index (χ4v) is 3.26. The molecule has 0 heterocycles. The van der Waals surface area contributed by atoms with Crippen molar-refractivity contribution in [3.05, 3.63) is 12.2 Å². The number of nitrogens with one attached hydrogen (secondary N) is 1. The Labute approximate surface area is 184 Å². The highest BCUT2D eigenvalue weighted by Gasteiger charge is 2.41. The molecular formula is C22H37NO8. The van der Waals surface area contributed by atoms with Gasteiger partial charge < -0.3 is 24.6 Å². The van der Waals surface area contributed by atoms with Crippen LogP contribution in [-0.4, -0.2) is 55.5 Å². The number of ether oxygens (including phenoxy) is 3. The summed E-state index contributed by atoms with van der Waals surface area (Å²) in [6.45, 7) is 14.1. The molecule has 0 aromatic heterocycles. The average molecular weight is 444 g/mol. The van der Waals surface area contributed by atoms with E-state index >= 15 is 0 Å². The van der Waals surface area contributed by atoms with Gasteiger partial charge in [0.2, 0.25) is 0 Å². The maximum absolute atomic E-state index is 12.8. The molecule has 0 aliphatic rings. The van der Waals surface area contributed by atoms with Crippen LogP contribution in [0.3, 0.4) is 0 Å². The predicted molar refractivity (Wildman–Crippen MR) is 114 cm³/mol. The number of alkyl carbamates (subject to hydrolysis) is 1. The number of rotatable bonds is 13. The van der Waals surface area contributed by atoms with Gasteiger partial charge in [-0.3, -0.25) is 9.59 Å². The van der Waals surface area contributed by atoms with Gasteiger partial charge in [0, 0.05) is 5.57 Å². The minimum absolute atomic E-state index is 0.0247. The highest BCUT2D eigenvalue weighted by molar-refractivity contribution is 5.86. The van der Waals surface area contributed by atoms with Crippen molar-refractivity contribution >= 4 is 24.0 Å². The summed E-state index contributed by atoms with van der Waals surface area (Å²) in [6, 6.07) is 0. The molecule has 0 bridgehead atoms. The smallest absolute Gasteiger partial charge is 0.407 e. The van der Waals surface area contributed by atoms with Crippen molar-refractivity contribution in [2.24, 2.45) is 16.7 Å². The second-order valence-electron chi connectivity index (χ2n) is 9.06. The fourth-order valence-electron chi connectivity index (χ4n) is 3.26. The van der Waals surface area contributed by atoms with Crippen molar-refractivity contribution in [3.8, 4) is 0 Å². The molecule has 9 heteroatoms. The molecule has 2 N–H and O–H groups in total. The van der Waals surface area contributed by atoms with Crippen LogP contribution in [0.1, 0.15) is 60.8 Å². The van der Waals surface area contributed by atoms with Gasteiger partial charge in [-0.2, -0.15) is 0 Å². The molecule has 9 nitrogen and oxygen atoms in total. The number of carboxylic acid groups (broad SMARTS) is 1. The van der Waals surface area contributed by atoms with Gasteiger partial charge in [0.1, 0.15) is 19.8 Å². The van der Waals surface area contributed by atoms with Crippen LogP contribution in [0, 0.1) is 16.7 Å². The van der Waals surface area contributed by atoms with Crippen molar-refractivity contribution in [3.63, 3.8) is 0 Å². The molecule has 0 radical (unpaired) electrons. The third-order valence-corrected chi connectivity index (χ3v) is 4.45. The fraction of sp³-hybridized carbons (Fsp3) is 0.727. The highest BCUT2D eigenvalue weighted by atomic mass is 16.6. The second kappa shape index (κ2) is 13.0. The van der Waals surface area contributed by atoms with E-state index in [2.05, 4.69) is 11.9 Å². The van der Waals surface area contributed by atoms with E-state index in [0.29, 0.717) is 12.8 Å². The van der Waals surface area contributed by atoms with Crippen molar-refractivity contribution in [2.75, 3.05) is 26.4 Å². The Morgan fingerprint density at radius 1 is 1.00 bits per heavy atom. The minimum atomic E-state index is -0.979. The molecule has 0 aromatic carbocycles. The number of carbonyl (C=O) groups is 4. The van der Waals surface area contributed by atoms with Crippen LogP contribution in [0.5, 0.6) is 0 Å². The summed E-state index contributed by atoms with van der Waals surface area (Å²) in [5, 5.41) is 11.8. The van der Waals surface area contributed by atoms with Gasteiger partial charge in [-0.1, -0.05) is 34.3 Å². The number of hydrogen-bond acceptors (Lipinski definition) is 7. The molecule has 0 rings (SSSR count). The SMILES string of the molecule is C=C(C)C(=O)OCCNC(=O)OCCOC(=O)C(C)(CC(CC)C(=O)O)CC(C)(C)C. The first kappa shape index (κ1) is 28.4. The monoisotopic (exact) mass is 443 g/mol. The molecule has 0 aromatic rings. The van der Waals surface area contributed by atoms with Crippen LogP contribution in [0.4, 0.5) is 4.79 Å². The third-order valence-electron chi connectivity index (χ3n) is 4.45. The van der Waals surface area contributed by atoms with Crippen LogP contribution in [0.2, 0.25) is 0 Å². The van der Waals surface area contributed by atoms with Crippen LogP contribution in [0.15, 0.2) is 12.2 Å². The normalized spacial score (nSPS) is 14.0. The van der Waals surface area contributed by atoms with Crippen molar-refractivity contribution < 1.29 is 38.5 Å². The molecular weight excluding hydrogens is 406 g/mol. The lowest BCUT2D eigenvalue weighted by Crippen LogP contribution is -2.38. The summed E-state index contributed by atoms with van der Waals surface area (Å²) in [4.78, 5) is 47.0. The molecule has 0 aliphatic heterocycles. The summed E-state index contributed by atoms with van der Waals surface area (Å²) in [5.74, 6) is -2.66. The molecule has 2 unspecified atom stereocenters. The summed E-state index contributed by atoms with van der Waals surface area (Å²) in [7, 11) is 0. The summed E-state index contributed by atoms with van der Waals surface area (Å²) in [5.41, 5.74) is -0.933. The molecule has 178 valence electrons. The van der Waals surface area contributed by atoms with E-state index < -0.39 is 35.3 Å². The minimum Gasteiger partial charge on any atom is -0.481 e. The molecule has 0 saturated heterocycles. The number of hydrogen-bond donors (Lipinski definition) is 2. The zero-order valence-corrected chi connectivity index (χ0v) is 19.5. The zero-order chi connectivity index (χ0) is 24.2. The largest absolute Gasteiger partial charge is 0.481 e. The van der Waals surface area contributed by atoms with Crippen LogP contribution < -0.4 is 5.32 Å². The first-order chi connectivity index (χ1) is 14.2. The Kier molecular flexibility index (Phi) is 11.9.